The van der Waals surface area contributed by atoms with Gasteiger partial charge in [0.05, 0.1) is 0 Å². The summed E-state index contributed by atoms with van der Waals surface area (Å²) in [7, 11) is -1.69. The van der Waals surface area contributed by atoms with Gasteiger partial charge in [-0.2, -0.15) is 0 Å². The van der Waals surface area contributed by atoms with Crippen LogP contribution in [-0.2, 0) is 4.43 Å². The van der Waals surface area contributed by atoms with Crippen molar-refractivity contribution in [3.8, 4) is 0 Å². The van der Waals surface area contributed by atoms with Crippen LogP contribution in [0.1, 0.15) is 13.3 Å². The third-order valence-electron chi connectivity index (χ3n) is 0.563. The zero-order chi connectivity index (χ0) is 5.70. The molecule has 2 nitrogen and oxygen atoms in total. The summed E-state index contributed by atoms with van der Waals surface area (Å²) >= 11 is 0. The van der Waals surface area contributed by atoms with E-state index in [1.807, 2.05) is 6.92 Å². The van der Waals surface area contributed by atoms with Crippen molar-refractivity contribution in [3.63, 3.8) is 0 Å². The van der Waals surface area contributed by atoms with Gasteiger partial charge in [-0.25, -0.2) is 0 Å². The molecule has 0 saturated heterocycles. The largest absolute Gasteiger partial charge is 0.413 e. The van der Waals surface area contributed by atoms with Crippen LogP contribution in [0.25, 0.3) is 0 Å². The minimum atomic E-state index is -1.69. The lowest BCUT2D eigenvalue weighted by atomic mass is 10.5. The molecule has 0 aliphatic carbocycles. The van der Waals surface area contributed by atoms with E-state index in [2.05, 4.69) is 0 Å². The first-order valence-corrected chi connectivity index (χ1v) is 4.71. The molecule has 7 heavy (non-hydrogen) atoms. The van der Waals surface area contributed by atoms with Gasteiger partial charge in [-0.3, -0.25) is 0 Å². The molecule has 0 spiro atoms. The van der Waals surface area contributed by atoms with E-state index in [-0.39, 0.29) is 0 Å². The van der Waals surface area contributed by atoms with Crippen LogP contribution in [0, 0.1) is 0 Å². The summed E-state index contributed by atoms with van der Waals surface area (Å²) in [5.74, 6) is 0. The number of hydrogen-bond donors (Lipinski definition) is 1. The van der Waals surface area contributed by atoms with Crippen LogP contribution in [0.2, 0.25) is 6.55 Å². The molecule has 0 aromatic rings. The quantitative estimate of drug-likeness (QED) is 0.541. The molecule has 0 bridgehead atoms. The molecule has 1 unspecified atom stereocenters. The molecule has 0 aliphatic rings. The van der Waals surface area contributed by atoms with Crippen molar-refractivity contribution in [1.29, 1.82) is 0 Å². The Morgan fingerprint density at radius 3 is 2.43 bits per heavy atom. The van der Waals surface area contributed by atoms with Gasteiger partial charge < -0.3 is 9.22 Å². The lowest BCUT2D eigenvalue weighted by molar-refractivity contribution is 0.265. The number of hydrogen-bond acceptors (Lipinski definition) is 2. The van der Waals surface area contributed by atoms with Gasteiger partial charge in [-0.1, -0.05) is 6.92 Å². The summed E-state index contributed by atoms with van der Waals surface area (Å²) in [6.07, 6.45) is 0.998. The summed E-state index contributed by atoms with van der Waals surface area (Å²) < 4.78 is 4.89. The van der Waals surface area contributed by atoms with Gasteiger partial charge in [-0.05, 0) is 13.0 Å². The monoisotopic (exact) mass is 120 g/mol. The molecule has 3 heteroatoms. The van der Waals surface area contributed by atoms with Crippen molar-refractivity contribution in [2.75, 3.05) is 6.61 Å². The molecular weight excluding hydrogens is 108 g/mol. The fraction of sp³-hybridized carbons (Fsp3) is 1.00. The highest BCUT2D eigenvalue weighted by Gasteiger charge is 1.93. The second-order valence-corrected chi connectivity index (χ2v) is 3.00. The first kappa shape index (κ1) is 7.14. The van der Waals surface area contributed by atoms with Crippen molar-refractivity contribution in [2.24, 2.45) is 0 Å². The standard InChI is InChI=1S/C4H12O2Si/c1-3-4-6-7(2)5/h5,7H,3-4H2,1-2H3. The highest BCUT2D eigenvalue weighted by Crippen LogP contribution is 1.81. The van der Waals surface area contributed by atoms with Crippen molar-refractivity contribution < 1.29 is 9.22 Å². The Morgan fingerprint density at radius 1 is 1.71 bits per heavy atom. The molecule has 0 heterocycles. The molecular formula is C4H12O2Si. The second-order valence-electron chi connectivity index (χ2n) is 1.47. The van der Waals surface area contributed by atoms with Gasteiger partial charge in [0.1, 0.15) is 0 Å². The zero-order valence-electron chi connectivity index (χ0n) is 4.85. The van der Waals surface area contributed by atoms with Crippen LogP contribution < -0.4 is 0 Å². The topological polar surface area (TPSA) is 29.5 Å². The summed E-state index contributed by atoms with van der Waals surface area (Å²) in [5.41, 5.74) is 0. The van der Waals surface area contributed by atoms with E-state index in [0.29, 0.717) is 6.61 Å². The van der Waals surface area contributed by atoms with Crippen molar-refractivity contribution in [1.82, 2.24) is 0 Å². The van der Waals surface area contributed by atoms with Gasteiger partial charge in [0, 0.05) is 6.61 Å². The highest BCUT2D eigenvalue weighted by atomic mass is 28.3. The fourth-order valence-electron chi connectivity index (χ4n) is 0.288. The van der Waals surface area contributed by atoms with Crippen LogP contribution in [0.5, 0.6) is 0 Å². The average Bonchev–Trinajstić information content (AvgIpc) is 1.61. The third kappa shape index (κ3) is 6.14. The van der Waals surface area contributed by atoms with E-state index in [0.717, 1.165) is 6.42 Å². The van der Waals surface area contributed by atoms with Crippen LogP contribution >= 0.6 is 0 Å². The smallest absolute Gasteiger partial charge is 0.315 e. The summed E-state index contributed by atoms with van der Waals surface area (Å²) in [4.78, 5) is 8.60. The average molecular weight is 120 g/mol. The molecule has 0 aromatic carbocycles. The van der Waals surface area contributed by atoms with Gasteiger partial charge in [-0.15, -0.1) is 0 Å². The molecule has 0 rings (SSSR count). The predicted molar refractivity (Wildman–Crippen MR) is 31.5 cm³/mol. The highest BCUT2D eigenvalue weighted by molar-refractivity contribution is 6.40. The maximum Gasteiger partial charge on any atom is 0.315 e. The zero-order valence-corrected chi connectivity index (χ0v) is 6.00. The molecule has 0 amide bonds. The van der Waals surface area contributed by atoms with E-state index >= 15 is 0 Å². The molecule has 0 radical (unpaired) electrons. The Bertz CT molecular complexity index is 38.7. The van der Waals surface area contributed by atoms with Crippen molar-refractivity contribution in [3.05, 3.63) is 0 Å². The SMILES string of the molecule is CCCO[SiH](C)O. The molecule has 1 atom stereocenters. The van der Waals surface area contributed by atoms with E-state index in [1.165, 1.54) is 0 Å². The van der Waals surface area contributed by atoms with Gasteiger partial charge in [0.25, 0.3) is 0 Å². The minimum Gasteiger partial charge on any atom is -0.413 e. The first-order valence-electron chi connectivity index (χ1n) is 2.57. The lowest BCUT2D eigenvalue weighted by Gasteiger charge is -2.00. The van der Waals surface area contributed by atoms with Crippen LogP contribution in [0.15, 0.2) is 0 Å². The van der Waals surface area contributed by atoms with E-state index in [4.69, 9.17) is 9.22 Å². The predicted octanol–water partition coefficient (Wildman–Crippen LogP) is 0.256. The van der Waals surface area contributed by atoms with Crippen molar-refractivity contribution in [2.45, 2.75) is 19.9 Å². The summed E-state index contributed by atoms with van der Waals surface area (Å²) in [6, 6.07) is 0. The Hall–Kier alpha value is 0.137. The molecule has 44 valence electrons. The Kier molecular flexibility index (Phi) is 4.38. The molecule has 1 N–H and O–H groups in total. The minimum absolute atomic E-state index is 0.712. The number of rotatable bonds is 3. The maximum absolute atomic E-state index is 8.60. The molecule has 0 saturated carbocycles. The Morgan fingerprint density at radius 2 is 2.29 bits per heavy atom. The lowest BCUT2D eigenvalue weighted by Crippen LogP contribution is -2.12. The van der Waals surface area contributed by atoms with Crippen LogP contribution in [-0.4, -0.2) is 20.7 Å². The summed E-state index contributed by atoms with van der Waals surface area (Å²) in [5, 5.41) is 0. The normalized spacial score (nSPS) is 14.1. The fourth-order valence-corrected chi connectivity index (χ4v) is 0.865. The van der Waals surface area contributed by atoms with Crippen molar-refractivity contribution >= 4 is 9.28 Å². The molecule has 0 fully saturated rings. The summed E-state index contributed by atoms with van der Waals surface area (Å²) in [6.45, 7) is 4.48. The Balaban J connectivity index is 2.68. The van der Waals surface area contributed by atoms with E-state index in [1.54, 1.807) is 6.55 Å². The second kappa shape index (κ2) is 4.30. The van der Waals surface area contributed by atoms with E-state index < -0.39 is 9.28 Å². The first-order chi connectivity index (χ1) is 3.27. The van der Waals surface area contributed by atoms with Crippen LogP contribution in [0.4, 0.5) is 0 Å². The Labute approximate surface area is 46.0 Å². The molecule has 0 aliphatic heterocycles. The van der Waals surface area contributed by atoms with Gasteiger partial charge in [0.15, 0.2) is 0 Å². The van der Waals surface area contributed by atoms with Crippen LogP contribution in [0.3, 0.4) is 0 Å². The molecule has 0 aromatic heterocycles. The maximum atomic E-state index is 8.60. The third-order valence-corrected chi connectivity index (χ3v) is 1.28. The van der Waals surface area contributed by atoms with Gasteiger partial charge in [0.2, 0.25) is 0 Å². The van der Waals surface area contributed by atoms with Gasteiger partial charge >= 0.3 is 9.28 Å². The van der Waals surface area contributed by atoms with E-state index in [9.17, 15) is 0 Å².